The lowest BCUT2D eigenvalue weighted by Crippen LogP contribution is -2.12. The van der Waals surface area contributed by atoms with E-state index in [0.717, 1.165) is 13.2 Å². The van der Waals surface area contributed by atoms with Crippen LogP contribution in [0.1, 0.15) is 28.2 Å². The number of halogens is 3. The molecule has 0 aliphatic heterocycles. The van der Waals surface area contributed by atoms with E-state index in [4.69, 9.17) is 17.3 Å². The van der Waals surface area contributed by atoms with Crippen LogP contribution in [0.2, 0.25) is 0 Å². The number of anilines is 1. The number of esters is 1. The molecule has 0 amide bonds. The van der Waals surface area contributed by atoms with Crippen LogP contribution in [0.15, 0.2) is 6.07 Å². The van der Waals surface area contributed by atoms with Gasteiger partial charge in [-0.25, -0.2) is 18.6 Å². The Morgan fingerprint density at radius 1 is 1.69 bits per heavy atom. The molecule has 16 heavy (non-hydrogen) atoms. The van der Waals surface area contributed by atoms with Crippen molar-refractivity contribution in [3.05, 3.63) is 23.0 Å². The number of carbonyl (C=O) groups is 1. The molecular weight excluding hydrogens is 242 g/mol. The number of nitrogens with zero attached hydrogens (tertiary/aromatic N) is 1. The summed E-state index contributed by atoms with van der Waals surface area (Å²) in [7, 11) is 1.08. The molecule has 0 atom stereocenters. The summed E-state index contributed by atoms with van der Waals surface area (Å²) < 4.78 is 29.6. The number of pyridine rings is 1. The van der Waals surface area contributed by atoms with Gasteiger partial charge in [-0.3, -0.25) is 0 Å². The fourth-order valence-corrected chi connectivity index (χ4v) is 1.33. The van der Waals surface area contributed by atoms with Crippen molar-refractivity contribution in [2.24, 2.45) is 0 Å². The van der Waals surface area contributed by atoms with E-state index in [-0.39, 0.29) is 17.3 Å². The van der Waals surface area contributed by atoms with Gasteiger partial charge >= 0.3 is 5.97 Å². The maximum absolute atomic E-state index is 12.6. The van der Waals surface area contributed by atoms with Gasteiger partial charge in [0.05, 0.1) is 29.9 Å². The van der Waals surface area contributed by atoms with E-state index >= 15 is 0 Å². The second kappa shape index (κ2) is 5.07. The number of carbonyl (C=O) groups excluding carboxylic acids is 1. The number of aromatic nitrogens is 1. The van der Waals surface area contributed by atoms with Crippen molar-refractivity contribution in [3.8, 4) is 0 Å². The molecule has 88 valence electrons. The van der Waals surface area contributed by atoms with Crippen LogP contribution < -0.4 is 5.73 Å². The SMILES string of the molecule is COC(=O)c1nc(CCl)c(N)cc1C(F)F. The van der Waals surface area contributed by atoms with Crippen LogP contribution in [-0.2, 0) is 10.6 Å². The van der Waals surface area contributed by atoms with Gasteiger partial charge in [-0.2, -0.15) is 0 Å². The maximum atomic E-state index is 12.6. The summed E-state index contributed by atoms with van der Waals surface area (Å²) in [5, 5.41) is 0. The number of nitrogen functional groups attached to an aromatic ring is 1. The second-order valence-electron chi connectivity index (χ2n) is 2.89. The van der Waals surface area contributed by atoms with E-state index in [0.29, 0.717) is 0 Å². The van der Waals surface area contributed by atoms with Crippen molar-refractivity contribution in [1.82, 2.24) is 4.98 Å². The average Bonchev–Trinajstić information content (AvgIpc) is 2.27. The highest BCUT2D eigenvalue weighted by Crippen LogP contribution is 2.26. The molecule has 1 rings (SSSR count). The lowest BCUT2D eigenvalue weighted by Gasteiger charge is -2.09. The van der Waals surface area contributed by atoms with E-state index in [9.17, 15) is 13.6 Å². The number of nitrogens with two attached hydrogens (primary N) is 1. The van der Waals surface area contributed by atoms with Crippen molar-refractivity contribution >= 4 is 23.3 Å². The predicted octanol–water partition coefficient (Wildman–Crippen LogP) is 2.13. The molecule has 0 aliphatic carbocycles. The molecule has 0 saturated heterocycles. The molecule has 1 aromatic rings. The fourth-order valence-electron chi connectivity index (χ4n) is 1.12. The third-order valence-electron chi connectivity index (χ3n) is 1.90. The first-order valence-corrected chi connectivity index (χ1v) is 4.76. The van der Waals surface area contributed by atoms with Gasteiger partial charge in [0, 0.05) is 0 Å². The molecule has 1 aromatic heterocycles. The van der Waals surface area contributed by atoms with Gasteiger partial charge in [-0.15, -0.1) is 11.6 Å². The molecule has 0 aromatic carbocycles. The first kappa shape index (κ1) is 12.6. The summed E-state index contributed by atoms with van der Waals surface area (Å²) in [5.41, 5.74) is 4.63. The summed E-state index contributed by atoms with van der Waals surface area (Å²) in [6, 6.07) is 0.988. The molecule has 0 saturated carbocycles. The van der Waals surface area contributed by atoms with Crippen LogP contribution in [-0.4, -0.2) is 18.1 Å². The summed E-state index contributed by atoms with van der Waals surface area (Å²) in [6.45, 7) is 0. The highest BCUT2D eigenvalue weighted by Gasteiger charge is 2.22. The summed E-state index contributed by atoms with van der Waals surface area (Å²) >= 11 is 5.50. The Labute approximate surface area is 95.4 Å². The van der Waals surface area contributed by atoms with Gasteiger partial charge in [0.15, 0.2) is 5.69 Å². The summed E-state index contributed by atoms with van der Waals surface area (Å²) in [5.74, 6) is -1.01. The Morgan fingerprint density at radius 3 is 2.75 bits per heavy atom. The Morgan fingerprint density at radius 2 is 2.31 bits per heavy atom. The van der Waals surface area contributed by atoms with Gasteiger partial charge in [-0.05, 0) is 6.07 Å². The normalized spacial score (nSPS) is 10.6. The van der Waals surface area contributed by atoms with Crippen LogP contribution in [0.25, 0.3) is 0 Å². The first-order valence-electron chi connectivity index (χ1n) is 4.23. The summed E-state index contributed by atoms with van der Waals surface area (Å²) in [4.78, 5) is 14.9. The number of hydrogen-bond donors (Lipinski definition) is 1. The molecule has 0 spiro atoms. The Hall–Kier alpha value is -1.43. The minimum atomic E-state index is -2.85. The van der Waals surface area contributed by atoms with Crippen molar-refractivity contribution in [2.45, 2.75) is 12.3 Å². The Kier molecular flexibility index (Phi) is 4.00. The third kappa shape index (κ3) is 2.38. The topological polar surface area (TPSA) is 65.2 Å². The molecule has 0 bridgehead atoms. The van der Waals surface area contributed by atoms with Gasteiger partial charge in [0.1, 0.15) is 0 Å². The van der Waals surface area contributed by atoms with Crippen molar-refractivity contribution in [3.63, 3.8) is 0 Å². The monoisotopic (exact) mass is 250 g/mol. The highest BCUT2D eigenvalue weighted by atomic mass is 35.5. The minimum Gasteiger partial charge on any atom is -0.464 e. The minimum absolute atomic E-state index is 0.0259. The van der Waals surface area contributed by atoms with Crippen LogP contribution in [0.5, 0.6) is 0 Å². The van der Waals surface area contributed by atoms with Gasteiger partial charge in [-0.1, -0.05) is 0 Å². The van der Waals surface area contributed by atoms with Crippen molar-refractivity contribution < 1.29 is 18.3 Å². The first-order chi connectivity index (χ1) is 7.51. The Balaban J connectivity index is 3.36. The number of rotatable bonds is 3. The lowest BCUT2D eigenvalue weighted by atomic mass is 10.1. The molecule has 0 aliphatic rings. The standard InChI is InChI=1S/C9H9ClF2N2O2/c1-16-9(15)7-4(8(11)12)2-5(13)6(3-10)14-7/h2,8H,3,13H2,1H3. The van der Waals surface area contributed by atoms with E-state index in [1.54, 1.807) is 0 Å². The third-order valence-corrected chi connectivity index (χ3v) is 2.16. The van der Waals surface area contributed by atoms with E-state index in [1.807, 2.05) is 0 Å². The fraction of sp³-hybridized carbons (Fsp3) is 0.333. The molecule has 4 nitrogen and oxygen atoms in total. The molecule has 0 unspecified atom stereocenters. The zero-order chi connectivity index (χ0) is 12.3. The molecule has 1 heterocycles. The van der Waals surface area contributed by atoms with Crippen molar-refractivity contribution in [1.29, 1.82) is 0 Å². The number of methoxy groups -OCH3 is 1. The number of hydrogen-bond acceptors (Lipinski definition) is 4. The van der Waals surface area contributed by atoms with Crippen LogP contribution in [0.3, 0.4) is 0 Å². The van der Waals surface area contributed by atoms with E-state index in [2.05, 4.69) is 9.72 Å². The smallest absolute Gasteiger partial charge is 0.357 e. The molecular formula is C9H9ClF2N2O2. The van der Waals surface area contributed by atoms with Crippen LogP contribution in [0.4, 0.5) is 14.5 Å². The second-order valence-corrected chi connectivity index (χ2v) is 3.16. The summed E-state index contributed by atoms with van der Waals surface area (Å²) in [6.07, 6.45) is -2.85. The van der Waals surface area contributed by atoms with Crippen molar-refractivity contribution in [2.75, 3.05) is 12.8 Å². The number of alkyl halides is 3. The lowest BCUT2D eigenvalue weighted by molar-refractivity contribution is 0.0581. The van der Waals surface area contributed by atoms with Gasteiger partial charge < -0.3 is 10.5 Å². The predicted molar refractivity (Wildman–Crippen MR) is 54.5 cm³/mol. The molecule has 2 N–H and O–H groups in total. The quantitative estimate of drug-likeness (QED) is 0.659. The van der Waals surface area contributed by atoms with Gasteiger partial charge in [0.2, 0.25) is 0 Å². The van der Waals surface area contributed by atoms with E-state index in [1.165, 1.54) is 0 Å². The largest absolute Gasteiger partial charge is 0.464 e. The Bertz CT molecular complexity index is 413. The average molecular weight is 251 g/mol. The highest BCUT2D eigenvalue weighted by molar-refractivity contribution is 6.17. The zero-order valence-electron chi connectivity index (χ0n) is 8.34. The van der Waals surface area contributed by atoms with E-state index < -0.39 is 23.7 Å². The van der Waals surface area contributed by atoms with Crippen LogP contribution >= 0.6 is 11.6 Å². The van der Waals surface area contributed by atoms with Crippen LogP contribution in [0, 0.1) is 0 Å². The molecule has 7 heteroatoms. The van der Waals surface area contributed by atoms with Gasteiger partial charge in [0.25, 0.3) is 6.43 Å². The number of ether oxygens (including phenoxy) is 1. The molecule has 0 radical (unpaired) electrons. The maximum Gasteiger partial charge on any atom is 0.357 e. The molecule has 0 fully saturated rings. The zero-order valence-corrected chi connectivity index (χ0v) is 9.09.